The van der Waals surface area contributed by atoms with Gasteiger partial charge in [0, 0.05) is 38.3 Å². The maximum absolute atomic E-state index is 12.5. The van der Waals surface area contributed by atoms with Gasteiger partial charge in [0.05, 0.1) is 18.5 Å². The third kappa shape index (κ3) is 3.46. The first-order valence-corrected chi connectivity index (χ1v) is 9.94. The lowest BCUT2D eigenvalue weighted by molar-refractivity contribution is 0.0652. The molecule has 8 nitrogen and oxygen atoms in total. The Hall–Kier alpha value is -2.90. The zero-order chi connectivity index (χ0) is 19.1. The second kappa shape index (κ2) is 6.92. The molecule has 1 amide bonds. The minimum atomic E-state index is 0.0126. The number of hydrogen-bond acceptors (Lipinski definition) is 5. The molecular formula is C20H24N6O2. The number of carbonyl (C=O) groups is 1. The number of ether oxygens (including phenoxy) is 1. The fourth-order valence-corrected chi connectivity index (χ4v) is 3.73. The quantitative estimate of drug-likeness (QED) is 0.679. The molecule has 1 aliphatic heterocycles. The molecular weight excluding hydrogens is 356 g/mol. The van der Waals surface area contributed by atoms with Crippen molar-refractivity contribution in [1.29, 1.82) is 0 Å². The standard InChI is InChI=1S/C20H24N6O2/c1-24-9-8-16(22-24)20(27)25-10-6-14(7-11-25)13-28-19-5-4-18-21-17(15-2-3-15)12-26(18)23-19/h4-5,8-9,12,14-15H,2-3,6-7,10-11,13H2,1H3. The average Bonchev–Trinajstić information content (AvgIpc) is 3.34. The Morgan fingerprint density at radius 3 is 2.68 bits per heavy atom. The molecule has 146 valence electrons. The van der Waals surface area contributed by atoms with Crippen LogP contribution in [-0.4, -0.2) is 54.9 Å². The molecule has 0 radical (unpaired) electrons. The van der Waals surface area contributed by atoms with Gasteiger partial charge in [-0.15, -0.1) is 5.10 Å². The number of piperidine rings is 1. The minimum absolute atomic E-state index is 0.0126. The van der Waals surface area contributed by atoms with E-state index in [1.54, 1.807) is 16.9 Å². The summed E-state index contributed by atoms with van der Waals surface area (Å²) >= 11 is 0. The second-order valence-electron chi connectivity index (χ2n) is 7.84. The molecule has 2 aliphatic rings. The summed E-state index contributed by atoms with van der Waals surface area (Å²) in [6, 6.07) is 5.62. The maximum atomic E-state index is 12.5. The largest absolute Gasteiger partial charge is 0.476 e. The van der Waals surface area contributed by atoms with Crippen LogP contribution in [0.2, 0.25) is 0 Å². The summed E-state index contributed by atoms with van der Waals surface area (Å²) in [6.45, 7) is 2.10. The van der Waals surface area contributed by atoms with Gasteiger partial charge < -0.3 is 9.64 Å². The molecule has 1 saturated carbocycles. The van der Waals surface area contributed by atoms with E-state index in [1.165, 1.54) is 12.8 Å². The highest BCUT2D eigenvalue weighted by atomic mass is 16.5. The van der Waals surface area contributed by atoms with Crippen molar-refractivity contribution in [3.05, 3.63) is 42.0 Å². The summed E-state index contributed by atoms with van der Waals surface area (Å²) in [5.41, 5.74) is 2.52. The van der Waals surface area contributed by atoms with Gasteiger partial charge in [0.1, 0.15) is 5.69 Å². The van der Waals surface area contributed by atoms with E-state index in [0.717, 1.165) is 37.3 Å². The van der Waals surface area contributed by atoms with Crippen molar-refractivity contribution in [2.75, 3.05) is 19.7 Å². The van der Waals surface area contributed by atoms with Gasteiger partial charge in [-0.1, -0.05) is 0 Å². The predicted octanol–water partition coefficient (Wildman–Crippen LogP) is 2.27. The van der Waals surface area contributed by atoms with Crippen LogP contribution >= 0.6 is 0 Å². The van der Waals surface area contributed by atoms with Gasteiger partial charge in [-0.2, -0.15) is 5.10 Å². The Bertz CT molecular complexity index is 997. The van der Waals surface area contributed by atoms with E-state index >= 15 is 0 Å². The van der Waals surface area contributed by atoms with Crippen molar-refractivity contribution in [2.45, 2.75) is 31.6 Å². The molecule has 0 bridgehead atoms. The van der Waals surface area contributed by atoms with E-state index in [0.29, 0.717) is 30.0 Å². The molecule has 0 unspecified atom stereocenters. The average molecular weight is 380 g/mol. The first kappa shape index (κ1) is 17.2. The van der Waals surface area contributed by atoms with Crippen molar-refractivity contribution in [3.8, 4) is 5.88 Å². The Kier molecular flexibility index (Phi) is 4.26. The highest BCUT2D eigenvalue weighted by Gasteiger charge is 2.27. The Morgan fingerprint density at radius 1 is 1.14 bits per heavy atom. The van der Waals surface area contributed by atoms with Crippen molar-refractivity contribution >= 4 is 11.6 Å². The lowest BCUT2D eigenvalue weighted by Gasteiger charge is -2.31. The zero-order valence-electron chi connectivity index (χ0n) is 16.0. The Morgan fingerprint density at radius 2 is 1.96 bits per heavy atom. The number of aryl methyl sites for hydroxylation is 1. The molecule has 0 atom stereocenters. The van der Waals surface area contributed by atoms with Gasteiger partial charge in [-0.05, 0) is 43.7 Å². The van der Waals surface area contributed by atoms with Crippen LogP contribution in [0.1, 0.15) is 47.8 Å². The van der Waals surface area contributed by atoms with E-state index in [9.17, 15) is 4.79 Å². The monoisotopic (exact) mass is 380 g/mol. The van der Waals surface area contributed by atoms with E-state index in [4.69, 9.17) is 4.74 Å². The summed E-state index contributed by atoms with van der Waals surface area (Å²) < 4.78 is 9.42. The Balaban J connectivity index is 1.15. The number of hydrogen-bond donors (Lipinski definition) is 0. The van der Waals surface area contributed by atoms with Gasteiger partial charge in [-0.25, -0.2) is 9.50 Å². The van der Waals surface area contributed by atoms with Gasteiger partial charge in [0.15, 0.2) is 5.65 Å². The molecule has 0 aromatic carbocycles. The first-order chi connectivity index (χ1) is 13.7. The van der Waals surface area contributed by atoms with Crippen molar-refractivity contribution in [3.63, 3.8) is 0 Å². The molecule has 5 rings (SSSR count). The summed E-state index contributed by atoms with van der Waals surface area (Å²) in [4.78, 5) is 19.0. The van der Waals surface area contributed by atoms with Gasteiger partial charge >= 0.3 is 0 Å². The molecule has 3 aromatic heterocycles. The highest BCUT2D eigenvalue weighted by Crippen LogP contribution is 2.39. The Labute approximate surface area is 163 Å². The second-order valence-corrected chi connectivity index (χ2v) is 7.84. The molecule has 28 heavy (non-hydrogen) atoms. The fraction of sp³-hybridized carbons (Fsp3) is 0.500. The predicted molar refractivity (Wildman–Crippen MR) is 102 cm³/mol. The van der Waals surface area contributed by atoms with Crippen molar-refractivity contribution in [2.24, 2.45) is 13.0 Å². The van der Waals surface area contributed by atoms with Crippen LogP contribution < -0.4 is 4.74 Å². The molecule has 2 fully saturated rings. The maximum Gasteiger partial charge on any atom is 0.274 e. The normalized spacial score (nSPS) is 18.0. The summed E-state index contributed by atoms with van der Waals surface area (Å²) in [5, 5.41) is 8.74. The van der Waals surface area contributed by atoms with Gasteiger partial charge in [0.2, 0.25) is 5.88 Å². The number of nitrogens with zero attached hydrogens (tertiary/aromatic N) is 6. The first-order valence-electron chi connectivity index (χ1n) is 9.94. The number of likely N-dealkylation sites (tertiary alicyclic amines) is 1. The topological polar surface area (TPSA) is 77.5 Å². The van der Waals surface area contributed by atoms with Crippen LogP contribution in [0.3, 0.4) is 0 Å². The summed E-state index contributed by atoms with van der Waals surface area (Å²) in [5.74, 6) is 1.68. The van der Waals surface area contributed by atoms with Crippen molar-refractivity contribution < 1.29 is 9.53 Å². The van der Waals surface area contributed by atoms with E-state index in [1.807, 2.05) is 34.8 Å². The van der Waals surface area contributed by atoms with Crippen LogP contribution in [0, 0.1) is 5.92 Å². The number of aromatic nitrogens is 5. The number of carbonyl (C=O) groups excluding carboxylic acids is 1. The summed E-state index contributed by atoms with van der Waals surface area (Å²) in [7, 11) is 1.82. The third-order valence-electron chi connectivity index (χ3n) is 5.61. The van der Waals surface area contributed by atoms with Crippen molar-refractivity contribution in [1.82, 2.24) is 29.3 Å². The number of imidazole rings is 1. The van der Waals surface area contributed by atoms with E-state index in [2.05, 4.69) is 15.2 Å². The zero-order valence-corrected chi connectivity index (χ0v) is 16.0. The number of rotatable bonds is 5. The molecule has 1 saturated heterocycles. The van der Waals surface area contributed by atoms with E-state index in [-0.39, 0.29) is 5.91 Å². The van der Waals surface area contributed by atoms with Gasteiger partial charge in [0.25, 0.3) is 5.91 Å². The van der Waals surface area contributed by atoms with Crippen LogP contribution in [0.15, 0.2) is 30.6 Å². The SMILES string of the molecule is Cn1ccc(C(=O)N2CCC(COc3ccc4nc(C5CC5)cn4n3)CC2)n1. The number of fused-ring (bicyclic) bond motifs is 1. The lowest BCUT2D eigenvalue weighted by Crippen LogP contribution is -2.40. The van der Waals surface area contributed by atoms with Crippen LogP contribution in [-0.2, 0) is 7.05 Å². The lowest BCUT2D eigenvalue weighted by atomic mass is 9.97. The highest BCUT2D eigenvalue weighted by molar-refractivity contribution is 5.92. The smallest absolute Gasteiger partial charge is 0.274 e. The van der Waals surface area contributed by atoms with E-state index < -0.39 is 0 Å². The molecule has 8 heteroatoms. The van der Waals surface area contributed by atoms with Crippen LogP contribution in [0.25, 0.3) is 5.65 Å². The molecule has 3 aromatic rings. The third-order valence-corrected chi connectivity index (χ3v) is 5.61. The molecule has 1 aliphatic carbocycles. The fourth-order valence-electron chi connectivity index (χ4n) is 3.73. The summed E-state index contributed by atoms with van der Waals surface area (Å²) in [6.07, 6.45) is 8.13. The minimum Gasteiger partial charge on any atom is -0.476 e. The van der Waals surface area contributed by atoms with Crippen LogP contribution in [0.5, 0.6) is 5.88 Å². The van der Waals surface area contributed by atoms with Crippen LogP contribution in [0.4, 0.5) is 0 Å². The molecule has 0 spiro atoms. The molecule has 4 heterocycles. The number of amides is 1. The molecule has 0 N–H and O–H groups in total. The van der Waals surface area contributed by atoms with Gasteiger partial charge in [-0.3, -0.25) is 9.48 Å².